The van der Waals surface area contributed by atoms with Gasteiger partial charge in [0, 0.05) is 30.7 Å². The maximum atomic E-state index is 13.3. The van der Waals surface area contributed by atoms with Crippen LogP contribution in [0.3, 0.4) is 0 Å². The molecular formula is C17H24ClFN2O2. The number of hydrogen-bond donors (Lipinski definition) is 1. The van der Waals surface area contributed by atoms with Gasteiger partial charge in [-0.05, 0) is 57.4 Å². The van der Waals surface area contributed by atoms with Crippen LogP contribution in [0.15, 0.2) is 18.2 Å². The Kier molecular flexibility index (Phi) is 5.87. The van der Waals surface area contributed by atoms with E-state index < -0.39 is 5.60 Å². The van der Waals surface area contributed by atoms with E-state index in [1.807, 2.05) is 20.8 Å². The standard InChI is InChI=1S/C17H24ClFN2O2/c1-17(2,3)23-16(22)21(15-4-5-15)7-6-20-11-12-8-13(18)10-14(19)9-12/h8-10,15,20H,4-7,11H2,1-3H3. The van der Waals surface area contributed by atoms with Crippen LogP contribution in [0.2, 0.25) is 5.02 Å². The third-order valence-electron chi connectivity index (χ3n) is 3.40. The monoisotopic (exact) mass is 342 g/mol. The number of ether oxygens (including phenoxy) is 1. The number of nitrogens with one attached hydrogen (secondary N) is 1. The third kappa shape index (κ3) is 6.36. The minimum absolute atomic E-state index is 0.268. The molecule has 0 aromatic heterocycles. The van der Waals surface area contributed by atoms with Crippen LogP contribution < -0.4 is 5.32 Å². The number of halogens is 2. The zero-order valence-corrected chi connectivity index (χ0v) is 14.6. The molecule has 0 radical (unpaired) electrons. The molecule has 1 aliphatic carbocycles. The van der Waals surface area contributed by atoms with Crippen LogP contribution in [0.4, 0.5) is 9.18 Å². The molecule has 128 valence electrons. The van der Waals surface area contributed by atoms with Crippen LogP contribution in [-0.2, 0) is 11.3 Å². The number of hydrogen-bond acceptors (Lipinski definition) is 3. The largest absolute Gasteiger partial charge is 0.444 e. The van der Waals surface area contributed by atoms with Gasteiger partial charge in [-0.1, -0.05) is 11.6 Å². The molecule has 4 nitrogen and oxygen atoms in total. The van der Waals surface area contributed by atoms with E-state index in [2.05, 4.69) is 5.32 Å². The fraction of sp³-hybridized carbons (Fsp3) is 0.588. The summed E-state index contributed by atoms with van der Waals surface area (Å²) in [5.74, 6) is -0.345. The zero-order chi connectivity index (χ0) is 17.0. The van der Waals surface area contributed by atoms with Crippen LogP contribution in [-0.4, -0.2) is 35.7 Å². The van der Waals surface area contributed by atoms with Crippen molar-refractivity contribution in [1.29, 1.82) is 0 Å². The zero-order valence-electron chi connectivity index (χ0n) is 13.9. The van der Waals surface area contributed by atoms with Crippen LogP contribution in [0.25, 0.3) is 0 Å². The summed E-state index contributed by atoms with van der Waals surface area (Å²) >= 11 is 5.83. The lowest BCUT2D eigenvalue weighted by atomic mass is 10.2. The highest BCUT2D eigenvalue weighted by molar-refractivity contribution is 6.30. The molecule has 0 atom stereocenters. The fourth-order valence-electron chi connectivity index (χ4n) is 2.27. The number of carbonyl (C=O) groups excluding carboxylic acids is 1. The lowest BCUT2D eigenvalue weighted by Crippen LogP contribution is -2.41. The maximum absolute atomic E-state index is 13.3. The van der Waals surface area contributed by atoms with Gasteiger partial charge in [-0.3, -0.25) is 0 Å². The van der Waals surface area contributed by atoms with Gasteiger partial charge in [0.25, 0.3) is 0 Å². The van der Waals surface area contributed by atoms with E-state index in [4.69, 9.17) is 16.3 Å². The van der Waals surface area contributed by atoms with E-state index in [9.17, 15) is 9.18 Å². The molecule has 1 fully saturated rings. The molecule has 0 saturated heterocycles. The SMILES string of the molecule is CC(C)(C)OC(=O)N(CCNCc1cc(F)cc(Cl)c1)C1CC1. The normalized spacial score (nSPS) is 14.7. The van der Waals surface area contributed by atoms with Crippen molar-refractivity contribution in [3.63, 3.8) is 0 Å². The van der Waals surface area contributed by atoms with Gasteiger partial charge in [0.2, 0.25) is 0 Å². The highest BCUT2D eigenvalue weighted by Gasteiger charge is 2.34. The summed E-state index contributed by atoms with van der Waals surface area (Å²) in [6.45, 7) is 7.28. The Hall–Kier alpha value is -1.33. The lowest BCUT2D eigenvalue weighted by molar-refractivity contribution is 0.0236. The summed E-state index contributed by atoms with van der Waals surface area (Å²) in [5.41, 5.74) is 0.293. The smallest absolute Gasteiger partial charge is 0.410 e. The number of amides is 1. The first kappa shape index (κ1) is 18.0. The van der Waals surface area contributed by atoms with Gasteiger partial charge in [-0.25, -0.2) is 9.18 Å². The molecule has 6 heteroatoms. The van der Waals surface area contributed by atoms with Crippen molar-refractivity contribution in [2.45, 2.75) is 51.8 Å². The summed E-state index contributed by atoms with van der Waals surface area (Å²) in [6.07, 6.45) is 1.79. The molecule has 1 aromatic rings. The van der Waals surface area contributed by atoms with Crippen molar-refractivity contribution >= 4 is 17.7 Å². The maximum Gasteiger partial charge on any atom is 0.410 e. The molecule has 23 heavy (non-hydrogen) atoms. The first-order valence-electron chi connectivity index (χ1n) is 7.90. The Morgan fingerprint density at radius 3 is 2.65 bits per heavy atom. The van der Waals surface area contributed by atoms with Crippen LogP contribution in [0.1, 0.15) is 39.2 Å². The Bertz CT molecular complexity index is 536. The molecule has 0 heterocycles. The average Bonchev–Trinajstić information content (AvgIpc) is 3.19. The first-order valence-corrected chi connectivity index (χ1v) is 8.28. The van der Waals surface area contributed by atoms with Gasteiger partial charge >= 0.3 is 6.09 Å². The Morgan fingerprint density at radius 1 is 1.39 bits per heavy atom. The van der Waals surface area contributed by atoms with Crippen LogP contribution in [0.5, 0.6) is 0 Å². The predicted molar refractivity (Wildman–Crippen MR) is 89.1 cm³/mol. The minimum Gasteiger partial charge on any atom is -0.444 e. The summed E-state index contributed by atoms with van der Waals surface area (Å²) < 4.78 is 18.7. The van der Waals surface area contributed by atoms with Gasteiger partial charge in [-0.2, -0.15) is 0 Å². The molecule has 0 spiro atoms. The lowest BCUT2D eigenvalue weighted by Gasteiger charge is -2.27. The topological polar surface area (TPSA) is 41.6 Å². The Morgan fingerprint density at radius 2 is 2.09 bits per heavy atom. The second-order valence-corrected chi connectivity index (χ2v) is 7.30. The van der Waals surface area contributed by atoms with E-state index in [-0.39, 0.29) is 18.0 Å². The number of benzene rings is 1. The second kappa shape index (κ2) is 7.49. The highest BCUT2D eigenvalue weighted by atomic mass is 35.5. The number of carbonyl (C=O) groups is 1. The van der Waals surface area contributed by atoms with Gasteiger partial charge < -0.3 is 15.0 Å². The van der Waals surface area contributed by atoms with E-state index >= 15 is 0 Å². The second-order valence-electron chi connectivity index (χ2n) is 6.86. The number of nitrogens with zero attached hydrogens (tertiary/aromatic N) is 1. The van der Waals surface area contributed by atoms with Crippen molar-refractivity contribution in [1.82, 2.24) is 10.2 Å². The first-order chi connectivity index (χ1) is 10.7. The molecule has 0 bridgehead atoms. The van der Waals surface area contributed by atoms with E-state index in [1.54, 1.807) is 11.0 Å². The molecule has 0 aliphatic heterocycles. The highest BCUT2D eigenvalue weighted by Crippen LogP contribution is 2.28. The Balaban J connectivity index is 1.79. The third-order valence-corrected chi connectivity index (χ3v) is 3.61. The number of rotatable bonds is 6. The Labute approximate surface area is 141 Å². The average molecular weight is 343 g/mol. The van der Waals surface area contributed by atoms with Gasteiger partial charge in [-0.15, -0.1) is 0 Å². The molecule has 1 saturated carbocycles. The van der Waals surface area contributed by atoms with E-state index in [0.717, 1.165) is 18.4 Å². The molecule has 1 aromatic carbocycles. The van der Waals surface area contributed by atoms with Crippen LogP contribution in [0, 0.1) is 5.82 Å². The predicted octanol–water partition coefficient (Wildman–Crippen LogP) is 3.97. The minimum atomic E-state index is -0.490. The summed E-state index contributed by atoms with van der Waals surface area (Å²) in [6, 6.07) is 4.74. The van der Waals surface area contributed by atoms with Crippen LogP contribution >= 0.6 is 11.6 Å². The summed E-state index contributed by atoms with van der Waals surface area (Å²) in [5, 5.41) is 3.60. The van der Waals surface area contributed by atoms with Gasteiger partial charge in [0.05, 0.1) is 0 Å². The summed E-state index contributed by atoms with van der Waals surface area (Å²) in [4.78, 5) is 14.0. The van der Waals surface area contributed by atoms with Crippen molar-refractivity contribution in [3.05, 3.63) is 34.6 Å². The molecule has 0 unspecified atom stereocenters. The van der Waals surface area contributed by atoms with E-state index in [0.29, 0.717) is 24.7 Å². The van der Waals surface area contributed by atoms with Gasteiger partial charge in [0.1, 0.15) is 11.4 Å². The van der Waals surface area contributed by atoms with Gasteiger partial charge in [0.15, 0.2) is 0 Å². The molecule has 1 N–H and O–H groups in total. The summed E-state index contributed by atoms with van der Waals surface area (Å²) in [7, 11) is 0. The van der Waals surface area contributed by atoms with Crippen molar-refractivity contribution in [3.8, 4) is 0 Å². The van der Waals surface area contributed by atoms with Crippen molar-refractivity contribution in [2.24, 2.45) is 0 Å². The van der Waals surface area contributed by atoms with Crippen molar-refractivity contribution in [2.75, 3.05) is 13.1 Å². The molecule has 1 amide bonds. The fourth-order valence-corrected chi connectivity index (χ4v) is 2.52. The quantitative estimate of drug-likeness (QED) is 0.795. The molecule has 2 rings (SSSR count). The molecular weight excluding hydrogens is 319 g/mol. The van der Waals surface area contributed by atoms with Crippen molar-refractivity contribution < 1.29 is 13.9 Å². The molecule has 1 aliphatic rings. The van der Waals surface area contributed by atoms with E-state index in [1.165, 1.54) is 12.1 Å².